The van der Waals surface area contributed by atoms with Crippen LogP contribution in [0.2, 0.25) is 0 Å². The highest BCUT2D eigenvalue weighted by atomic mass is 32.1. The van der Waals surface area contributed by atoms with Crippen molar-refractivity contribution in [2.24, 2.45) is 0 Å². The molecule has 2 aromatic carbocycles. The second-order valence-corrected chi connectivity index (χ2v) is 8.83. The topological polar surface area (TPSA) is 55.3 Å². The summed E-state index contributed by atoms with van der Waals surface area (Å²) in [4.78, 5) is 14.9. The first kappa shape index (κ1) is 21.0. The highest BCUT2D eigenvalue weighted by Crippen LogP contribution is 2.32. The van der Waals surface area contributed by atoms with Crippen molar-refractivity contribution in [1.82, 2.24) is 10.2 Å². The molecule has 1 aromatic heterocycles. The minimum absolute atomic E-state index is 0.101. The third-order valence-corrected chi connectivity index (χ3v) is 5.67. The molecule has 1 amide bonds. The van der Waals surface area contributed by atoms with Crippen LogP contribution in [0.5, 0.6) is 5.75 Å². The Morgan fingerprint density at radius 2 is 1.76 bits per heavy atom. The first-order valence-electron chi connectivity index (χ1n) is 9.74. The third-order valence-electron chi connectivity index (χ3n) is 4.67. The van der Waals surface area contributed by atoms with Crippen LogP contribution in [-0.4, -0.2) is 29.8 Å². The number of hydrogen-bond donors (Lipinski definition) is 0. The van der Waals surface area contributed by atoms with E-state index in [2.05, 4.69) is 55.2 Å². The summed E-state index contributed by atoms with van der Waals surface area (Å²) in [6.45, 7) is 9.18. The number of methoxy groups -OCH3 is 1. The number of nitrogens with zero attached hydrogens (tertiary/aromatic N) is 3. The molecule has 0 atom stereocenters. The molecule has 3 aromatic rings. The summed E-state index contributed by atoms with van der Waals surface area (Å²) in [6, 6.07) is 15.6. The van der Waals surface area contributed by atoms with Gasteiger partial charge in [-0.25, -0.2) is 0 Å². The zero-order chi connectivity index (χ0) is 21.0. The van der Waals surface area contributed by atoms with Gasteiger partial charge in [0, 0.05) is 12.1 Å². The number of rotatable bonds is 6. The largest absolute Gasteiger partial charge is 0.496 e. The van der Waals surface area contributed by atoms with Gasteiger partial charge in [-0.2, -0.15) is 0 Å². The van der Waals surface area contributed by atoms with Gasteiger partial charge in [-0.05, 0) is 29.5 Å². The lowest BCUT2D eigenvalue weighted by Gasteiger charge is -2.19. The summed E-state index contributed by atoms with van der Waals surface area (Å²) in [5, 5.41) is 10.1. The van der Waals surface area contributed by atoms with Crippen molar-refractivity contribution in [3.63, 3.8) is 0 Å². The predicted molar refractivity (Wildman–Crippen MR) is 119 cm³/mol. The Morgan fingerprint density at radius 1 is 1.07 bits per heavy atom. The second-order valence-electron chi connectivity index (χ2n) is 7.87. The maximum atomic E-state index is 13.2. The molecule has 1 heterocycles. The number of hydrogen-bond acceptors (Lipinski definition) is 5. The fourth-order valence-electron chi connectivity index (χ4n) is 3.03. The summed E-state index contributed by atoms with van der Waals surface area (Å²) in [5.41, 5.74) is 2.90. The molecule has 0 bridgehead atoms. The van der Waals surface area contributed by atoms with Gasteiger partial charge in [-0.3, -0.25) is 9.69 Å². The summed E-state index contributed by atoms with van der Waals surface area (Å²) >= 11 is 1.43. The van der Waals surface area contributed by atoms with Gasteiger partial charge in [0.15, 0.2) is 0 Å². The van der Waals surface area contributed by atoms with Crippen LogP contribution in [0.1, 0.15) is 50.0 Å². The third kappa shape index (κ3) is 4.65. The van der Waals surface area contributed by atoms with Gasteiger partial charge in [0.25, 0.3) is 5.91 Å². The first-order valence-corrected chi connectivity index (χ1v) is 10.6. The Morgan fingerprint density at radius 3 is 2.38 bits per heavy atom. The molecule has 3 rings (SSSR count). The van der Waals surface area contributed by atoms with E-state index in [1.165, 1.54) is 16.9 Å². The lowest BCUT2D eigenvalue weighted by Crippen LogP contribution is -2.31. The van der Waals surface area contributed by atoms with Crippen LogP contribution in [0, 0.1) is 0 Å². The number of para-hydroxylation sites is 1. The molecule has 0 aliphatic carbocycles. The van der Waals surface area contributed by atoms with E-state index in [0.717, 1.165) is 17.0 Å². The molecule has 0 fully saturated rings. The van der Waals surface area contributed by atoms with Gasteiger partial charge in [-0.1, -0.05) is 75.4 Å². The number of anilines is 1. The van der Waals surface area contributed by atoms with E-state index in [1.807, 2.05) is 19.1 Å². The van der Waals surface area contributed by atoms with Gasteiger partial charge in [-0.15, -0.1) is 10.2 Å². The van der Waals surface area contributed by atoms with Crippen LogP contribution in [0.25, 0.3) is 10.6 Å². The molecule has 0 radical (unpaired) electrons. The van der Waals surface area contributed by atoms with E-state index in [-0.39, 0.29) is 11.3 Å². The summed E-state index contributed by atoms with van der Waals surface area (Å²) in [7, 11) is 1.57. The van der Waals surface area contributed by atoms with Gasteiger partial charge >= 0.3 is 0 Å². The van der Waals surface area contributed by atoms with Gasteiger partial charge in [0.05, 0.1) is 12.7 Å². The normalized spacial score (nSPS) is 11.3. The van der Waals surface area contributed by atoms with Crippen LogP contribution in [-0.2, 0) is 5.41 Å². The average Bonchev–Trinajstić information content (AvgIpc) is 3.20. The molecule has 0 saturated carbocycles. The molecule has 0 spiro atoms. The van der Waals surface area contributed by atoms with Gasteiger partial charge in [0.2, 0.25) is 5.13 Å². The Hall–Kier alpha value is -2.73. The predicted octanol–water partition coefficient (Wildman–Crippen LogP) is 5.57. The number of carbonyl (C=O) groups excluding carboxylic acids is 1. The van der Waals surface area contributed by atoms with Crippen molar-refractivity contribution in [2.45, 2.75) is 39.5 Å². The summed E-state index contributed by atoms with van der Waals surface area (Å²) in [6.07, 6.45) is 0.816. The smallest absolute Gasteiger partial charge is 0.263 e. The van der Waals surface area contributed by atoms with Gasteiger partial charge in [0.1, 0.15) is 10.8 Å². The number of ether oxygens (including phenoxy) is 1. The fraction of sp³-hybridized carbons (Fsp3) is 0.348. The minimum atomic E-state index is -0.130. The minimum Gasteiger partial charge on any atom is -0.496 e. The molecule has 0 N–H and O–H groups in total. The molecule has 0 saturated heterocycles. The lowest BCUT2D eigenvalue weighted by molar-refractivity contribution is 0.0983. The molecule has 0 unspecified atom stereocenters. The van der Waals surface area contributed by atoms with Gasteiger partial charge < -0.3 is 4.74 Å². The van der Waals surface area contributed by atoms with Crippen LogP contribution in [0.15, 0.2) is 48.5 Å². The van der Waals surface area contributed by atoms with Crippen LogP contribution >= 0.6 is 11.3 Å². The van der Waals surface area contributed by atoms with E-state index >= 15 is 0 Å². The zero-order valence-electron chi connectivity index (χ0n) is 17.6. The van der Waals surface area contributed by atoms with E-state index in [0.29, 0.717) is 23.0 Å². The molecular formula is C23H27N3O2S. The standard InChI is InChI=1S/C23H27N3O2S/c1-6-15-26(21(27)18-9-7-8-10-19(18)28-5)22-25-24-20(29-22)16-11-13-17(14-12-16)23(2,3)4/h7-14H,6,15H2,1-5H3. The van der Waals surface area contributed by atoms with E-state index in [9.17, 15) is 4.79 Å². The molecule has 29 heavy (non-hydrogen) atoms. The van der Waals surface area contributed by atoms with E-state index < -0.39 is 0 Å². The van der Waals surface area contributed by atoms with Crippen molar-refractivity contribution in [3.8, 4) is 16.3 Å². The second kappa shape index (κ2) is 8.74. The summed E-state index contributed by atoms with van der Waals surface area (Å²) in [5.74, 6) is 0.427. The molecule has 0 aliphatic rings. The quantitative estimate of drug-likeness (QED) is 0.534. The number of amides is 1. The number of benzene rings is 2. The number of aromatic nitrogens is 2. The first-order chi connectivity index (χ1) is 13.8. The highest BCUT2D eigenvalue weighted by molar-refractivity contribution is 7.18. The summed E-state index contributed by atoms with van der Waals surface area (Å²) < 4.78 is 5.36. The van der Waals surface area contributed by atoms with E-state index in [1.54, 1.807) is 24.1 Å². The Kier molecular flexibility index (Phi) is 6.33. The lowest BCUT2D eigenvalue weighted by atomic mass is 9.87. The molecule has 6 heteroatoms. The Labute approximate surface area is 176 Å². The van der Waals surface area contributed by atoms with Crippen LogP contribution < -0.4 is 9.64 Å². The SMILES string of the molecule is CCCN(C(=O)c1ccccc1OC)c1nnc(-c2ccc(C(C)(C)C)cc2)s1. The molecule has 5 nitrogen and oxygen atoms in total. The number of carbonyl (C=O) groups is 1. The van der Waals surface area contributed by atoms with Crippen molar-refractivity contribution in [3.05, 3.63) is 59.7 Å². The molecule has 0 aliphatic heterocycles. The van der Waals surface area contributed by atoms with Crippen molar-refractivity contribution in [2.75, 3.05) is 18.6 Å². The van der Waals surface area contributed by atoms with Crippen molar-refractivity contribution >= 4 is 22.4 Å². The Bertz CT molecular complexity index is 974. The molecule has 152 valence electrons. The average molecular weight is 410 g/mol. The molecular weight excluding hydrogens is 382 g/mol. The van der Waals surface area contributed by atoms with Crippen molar-refractivity contribution < 1.29 is 9.53 Å². The van der Waals surface area contributed by atoms with Crippen LogP contribution in [0.3, 0.4) is 0 Å². The Balaban J connectivity index is 1.90. The van der Waals surface area contributed by atoms with Crippen LogP contribution in [0.4, 0.5) is 5.13 Å². The monoisotopic (exact) mass is 409 g/mol. The maximum Gasteiger partial charge on any atom is 0.263 e. The highest BCUT2D eigenvalue weighted by Gasteiger charge is 2.24. The maximum absolute atomic E-state index is 13.2. The van der Waals surface area contributed by atoms with E-state index in [4.69, 9.17) is 4.74 Å². The van der Waals surface area contributed by atoms with Crippen molar-refractivity contribution in [1.29, 1.82) is 0 Å². The fourth-order valence-corrected chi connectivity index (χ4v) is 3.90. The zero-order valence-corrected chi connectivity index (χ0v) is 18.4.